The van der Waals surface area contributed by atoms with Crippen LogP contribution in [0.2, 0.25) is 0 Å². The van der Waals surface area contributed by atoms with E-state index in [2.05, 4.69) is 14.7 Å². The predicted molar refractivity (Wildman–Crippen MR) is 79.9 cm³/mol. The molecule has 1 aromatic carbocycles. The number of aromatic amines is 1. The first-order valence-electron chi connectivity index (χ1n) is 6.36. The second kappa shape index (κ2) is 6.64. The van der Waals surface area contributed by atoms with Crippen molar-refractivity contribution in [3.8, 4) is 0 Å². The molecule has 1 aromatic heterocycles. The van der Waals surface area contributed by atoms with Gasteiger partial charge in [0.25, 0.3) is 11.2 Å². The maximum atomic E-state index is 12.2. The van der Waals surface area contributed by atoms with Gasteiger partial charge in [-0.25, -0.2) is 18.1 Å². The van der Waals surface area contributed by atoms with E-state index in [1.807, 2.05) is 0 Å². The molecule has 0 spiro atoms. The first kappa shape index (κ1) is 16.7. The summed E-state index contributed by atoms with van der Waals surface area (Å²) in [5, 5.41) is 10.9. The SMILES string of the molecule is NCc1cc(=O)[nH]c(CNS(=O)(=O)c2ccccc2[N+](=O)[O-])n1. The molecule has 0 saturated heterocycles. The van der Waals surface area contributed by atoms with E-state index in [4.69, 9.17) is 5.73 Å². The molecule has 4 N–H and O–H groups in total. The van der Waals surface area contributed by atoms with Gasteiger partial charge in [0.15, 0.2) is 4.90 Å². The molecule has 0 aliphatic rings. The predicted octanol–water partition coefficient (Wildman–Crippen LogP) is -0.385. The van der Waals surface area contributed by atoms with Gasteiger partial charge in [-0.3, -0.25) is 14.9 Å². The van der Waals surface area contributed by atoms with Crippen molar-refractivity contribution < 1.29 is 13.3 Å². The van der Waals surface area contributed by atoms with E-state index in [1.165, 1.54) is 18.2 Å². The van der Waals surface area contributed by atoms with Crippen LogP contribution in [0.15, 0.2) is 40.0 Å². The van der Waals surface area contributed by atoms with Crippen LogP contribution in [0.25, 0.3) is 0 Å². The van der Waals surface area contributed by atoms with Crippen LogP contribution in [0.4, 0.5) is 5.69 Å². The molecule has 10 nitrogen and oxygen atoms in total. The zero-order valence-electron chi connectivity index (χ0n) is 11.7. The molecule has 0 aliphatic heterocycles. The fourth-order valence-corrected chi connectivity index (χ4v) is 2.99. The smallest absolute Gasteiger partial charge is 0.289 e. The number of nitro groups is 1. The second-order valence-electron chi connectivity index (χ2n) is 4.44. The third kappa shape index (κ3) is 3.97. The highest BCUT2D eigenvalue weighted by molar-refractivity contribution is 7.89. The summed E-state index contributed by atoms with van der Waals surface area (Å²) in [4.78, 5) is 27.4. The van der Waals surface area contributed by atoms with Crippen LogP contribution in [0.5, 0.6) is 0 Å². The molecular formula is C12H13N5O5S. The minimum atomic E-state index is -4.15. The van der Waals surface area contributed by atoms with Gasteiger partial charge < -0.3 is 10.7 Å². The van der Waals surface area contributed by atoms with Gasteiger partial charge in [-0.15, -0.1) is 0 Å². The van der Waals surface area contributed by atoms with Gasteiger partial charge in [-0.2, -0.15) is 0 Å². The van der Waals surface area contributed by atoms with Crippen LogP contribution in [0.1, 0.15) is 11.5 Å². The number of rotatable bonds is 6. The number of nitrogens with one attached hydrogen (secondary N) is 2. The van der Waals surface area contributed by atoms with Crippen molar-refractivity contribution in [2.75, 3.05) is 0 Å². The molecule has 0 amide bonds. The molecule has 0 bridgehead atoms. The highest BCUT2D eigenvalue weighted by Gasteiger charge is 2.24. The van der Waals surface area contributed by atoms with Gasteiger partial charge in [0, 0.05) is 18.7 Å². The Morgan fingerprint density at radius 3 is 2.70 bits per heavy atom. The quantitative estimate of drug-likeness (QED) is 0.477. The molecular weight excluding hydrogens is 326 g/mol. The largest absolute Gasteiger partial charge is 0.325 e. The Hall–Kier alpha value is -2.63. The van der Waals surface area contributed by atoms with Crippen LogP contribution in [0.3, 0.4) is 0 Å². The summed E-state index contributed by atoms with van der Waals surface area (Å²) in [5.74, 6) is 0.0557. The maximum Gasteiger partial charge on any atom is 0.289 e. The van der Waals surface area contributed by atoms with Crippen LogP contribution < -0.4 is 16.0 Å². The topological polar surface area (TPSA) is 161 Å². The Labute approximate surface area is 130 Å². The van der Waals surface area contributed by atoms with Gasteiger partial charge in [0.2, 0.25) is 10.0 Å². The number of nitrogens with two attached hydrogens (primary N) is 1. The van der Waals surface area contributed by atoms with E-state index in [9.17, 15) is 23.3 Å². The molecule has 2 rings (SSSR count). The molecule has 11 heteroatoms. The van der Waals surface area contributed by atoms with Crippen LogP contribution in [-0.4, -0.2) is 23.3 Å². The Morgan fingerprint density at radius 2 is 2.04 bits per heavy atom. The standard InChI is InChI=1S/C12H13N5O5S/c13-6-8-5-12(18)16-11(15-8)7-14-23(21,22)10-4-2-1-3-9(10)17(19)20/h1-5,14H,6-7,13H2,(H,15,16,18). The Bertz CT molecular complexity index is 893. The third-order valence-corrected chi connectivity index (χ3v) is 4.28. The second-order valence-corrected chi connectivity index (χ2v) is 6.17. The zero-order chi connectivity index (χ0) is 17.0. The molecule has 0 unspecified atom stereocenters. The lowest BCUT2D eigenvalue weighted by Gasteiger charge is -2.07. The molecule has 0 atom stereocenters. The van der Waals surface area contributed by atoms with Crippen molar-refractivity contribution in [2.45, 2.75) is 18.0 Å². The molecule has 122 valence electrons. The molecule has 0 saturated carbocycles. The van der Waals surface area contributed by atoms with E-state index in [0.29, 0.717) is 5.69 Å². The maximum absolute atomic E-state index is 12.2. The average molecular weight is 339 g/mol. The van der Waals surface area contributed by atoms with Gasteiger partial charge in [-0.05, 0) is 6.07 Å². The van der Waals surface area contributed by atoms with E-state index in [1.54, 1.807) is 0 Å². The lowest BCUT2D eigenvalue weighted by molar-refractivity contribution is -0.387. The fourth-order valence-electron chi connectivity index (χ4n) is 1.83. The number of sulfonamides is 1. The van der Waals surface area contributed by atoms with Gasteiger partial charge in [-0.1, -0.05) is 12.1 Å². The van der Waals surface area contributed by atoms with Crippen molar-refractivity contribution in [1.29, 1.82) is 0 Å². The van der Waals surface area contributed by atoms with Gasteiger partial charge in [0.1, 0.15) is 5.82 Å². The minimum absolute atomic E-state index is 0.0217. The summed E-state index contributed by atoms with van der Waals surface area (Å²) >= 11 is 0. The molecule has 1 heterocycles. The number of hydrogen-bond acceptors (Lipinski definition) is 7. The number of aromatic nitrogens is 2. The summed E-state index contributed by atoms with van der Waals surface area (Å²) < 4.78 is 26.6. The Morgan fingerprint density at radius 1 is 1.35 bits per heavy atom. The first-order valence-corrected chi connectivity index (χ1v) is 7.84. The van der Waals surface area contributed by atoms with E-state index in [0.717, 1.165) is 12.1 Å². The molecule has 23 heavy (non-hydrogen) atoms. The monoisotopic (exact) mass is 339 g/mol. The molecule has 0 radical (unpaired) electrons. The van der Waals surface area contributed by atoms with Crippen molar-refractivity contribution >= 4 is 15.7 Å². The van der Waals surface area contributed by atoms with E-state index in [-0.39, 0.29) is 18.9 Å². The number of hydrogen-bond donors (Lipinski definition) is 3. The molecule has 0 fully saturated rings. The summed E-state index contributed by atoms with van der Waals surface area (Å²) in [5.41, 5.74) is 4.67. The zero-order valence-corrected chi connectivity index (χ0v) is 12.5. The molecule has 2 aromatic rings. The van der Waals surface area contributed by atoms with Crippen molar-refractivity contribution in [3.63, 3.8) is 0 Å². The summed E-state index contributed by atoms with van der Waals surface area (Å²) in [6, 6.07) is 6.13. The average Bonchev–Trinajstić information content (AvgIpc) is 2.52. The highest BCUT2D eigenvalue weighted by Crippen LogP contribution is 2.22. The summed E-state index contributed by atoms with van der Waals surface area (Å²) in [6.07, 6.45) is 0. The normalized spacial score (nSPS) is 11.3. The van der Waals surface area contributed by atoms with Gasteiger partial charge in [0.05, 0.1) is 17.2 Å². The van der Waals surface area contributed by atoms with Crippen LogP contribution in [-0.2, 0) is 23.1 Å². The fraction of sp³-hybridized carbons (Fsp3) is 0.167. The van der Waals surface area contributed by atoms with Crippen LogP contribution >= 0.6 is 0 Å². The first-order chi connectivity index (χ1) is 10.8. The van der Waals surface area contributed by atoms with Gasteiger partial charge >= 0.3 is 0 Å². The summed E-state index contributed by atoms with van der Waals surface area (Å²) in [7, 11) is -4.15. The number of benzene rings is 1. The number of H-pyrrole nitrogens is 1. The van der Waals surface area contributed by atoms with Crippen molar-refractivity contribution in [1.82, 2.24) is 14.7 Å². The lowest BCUT2D eigenvalue weighted by atomic mass is 10.3. The van der Waals surface area contributed by atoms with Crippen molar-refractivity contribution in [3.05, 3.63) is 62.3 Å². The Kier molecular flexibility index (Phi) is 4.83. The number of nitro benzene ring substituents is 1. The van der Waals surface area contributed by atoms with E-state index >= 15 is 0 Å². The number of para-hydroxylation sites is 1. The minimum Gasteiger partial charge on any atom is -0.325 e. The number of nitrogens with zero attached hydrogens (tertiary/aromatic N) is 2. The Balaban J connectivity index is 2.28. The summed E-state index contributed by atoms with van der Waals surface area (Å²) in [6.45, 7) is -0.314. The van der Waals surface area contributed by atoms with Crippen molar-refractivity contribution in [2.24, 2.45) is 5.73 Å². The van der Waals surface area contributed by atoms with E-state index < -0.39 is 31.1 Å². The molecule has 0 aliphatic carbocycles. The third-order valence-electron chi connectivity index (χ3n) is 2.83. The van der Waals surface area contributed by atoms with Crippen LogP contribution in [0, 0.1) is 10.1 Å². The highest BCUT2D eigenvalue weighted by atomic mass is 32.2. The lowest BCUT2D eigenvalue weighted by Crippen LogP contribution is -2.27.